The first-order valence-corrected chi connectivity index (χ1v) is 12.6. The predicted molar refractivity (Wildman–Crippen MR) is 117 cm³/mol. The largest absolute Gasteiger partial charge is 0.489 e. The third kappa shape index (κ3) is 6.64. The second-order valence-electron chi connectivity index (χ2n) is 8.47. The first-order chi connectivity index (χ1) is 14.6. The Kier molecular flexibility index (Phi) is 7.53. The van der Waals surface area contributed by atoms with Gasteiger partial charge in [0.2, 0.25) is 0 Å². The minimum atomic E-state index is -3.20. The van der Waals surface area contributed by atoms with Gasteiger partial charge in [-0.15, -0.1) is 0 Å². The number of benzene rings is 1. The van der Waals surface area contributed by atoms with Gasteiger partial charge in [-0.2, -0.15) is 4.98 Å². The van der Waals surface area contributed by atoms with Crippen molar-refractivity contribution in [3.8, 4) is 5.75 Å². The lowest BCUT2D eigenvalue weighted by molar-refractivity contribution is 0.166. The van der Waals surface area contributed by atoms with Crippen LogP contribution < -0.4 is 9.64 Å². The number of hydrogen-bond acceptors (Lipinski definition) is 8. The molecule has 2 heterocycles. The van der Waals surface area contributed by atoms with Crippen molar-refractivity contribution in [3.05, 3.63) is 35.4 Å². The molecule has 1 aliphatic heterocycles. The normalized spacial score (nSPS) is 15.8. The lowest BCUT2D eigenvalue weighted by Gasteiger charge is -2.35. The molecule has 0 radical (unpaired) electrons. The first-order valence-electron chi connectivity index (χ1n) is 10.5. The molecule has 10 heteroatoms. The number of sulfone groups is 1. The molecule has 0 amide bonds. The van der Waals surface area contributed by atoms with Gasteiger partial charge in [0.1, 0.15) is 6.61 Å². The van der Waals surface area contributed by atoms with Crippen LogP contribution in [0.25, 0.3) is 0 Å². The van der Waals surface area contributed by atoms with Gasteiger partial charge in [0.05, 0.1) is 5.75 Å². The summed E-state index contributed by atoms with van der Waals surface area (Å²) in [5.41, 5.74) is 0.415. The van der Waals surface area contributed by atoms with Crippen molar-refractivity contribution in [1.82, 2.24) is 15.0 Å². The molecule has 0 N–H and O–H groups in total. The summed E-state index contributed by atoms with van der Waals surface area (Å²) < 4.78 is 47.9. The molecule has 31 heavy (non-hydrogen) atoms. The quantitative estimate of drug-likeness (QED) is 0.572. The molecule has 3 rings (SSSR count). The number of hydrogen-bond donors (Lipinski definition) is 0. The minimum absolute atomic E-state index is 0.137. The maximum atomic E-state index is 14.2. The van der Waals surface area contributed by atoms with Crippen LogP contribution in [0.4, 0.5) is 10.4 Å². The molecule has 0 atom stereocenters. The third-order valence-corrected chi connectivity index (χ3v) is 6.29. The fourth-order valence-electron chi connectivity index (χ4n) is 3.62. The third-order valence-electron chi connectivity index (χ3n) is 5.43. The Morgan fingerprint density at radius 3 is 2.61 bits per heavy atom. The molecule has 0 bridgehead atoms. The average Bonchev–Trinajstić information content (AvgIpc) is 3.19. The van der Waals surface area contributed by atoms with E-state index in [9.17, 15) is 12.8 Å². The predicted octanol–water partition coefficient (Wildman–Crippen LogP) is 2.86. The zero-order valence-electron chi connectivity index (χ0n) is 18.5. The summed E-state index contributed by atoms with van der Waals surface area (Å²) in [7, 11) is -1.16. The van der Waals surface area contributed by atoms with Crippen molar-refractivity contribution in [2.45, 2.75) is 44.4 Å². The number of rotatable bonds is 9. The van der Waals surface area contributed by atoms with E-state index in [2.05, 4.69) is 19.9 Å². The van der Waals surface area contributed by atoms with E-state index in [1.807, 2.05) is 20.9 Å². The van der Waals surface area contributed by atoms with Crippen LogP contribution in [0.15, 0.2) is 22.7 Å². The molecule has 1 aromatic heterocycles. The minimum Gasteiger partial charge on any atom is -0.489 e. The van der Waals surface area contributed by atoms with Crippen LogP contribution in [0.1, 0.15) is 44.0 Å². The highest BCUT2D eigenvalue weighted by Gasteiger charge is 2.25. The van der Waals surface area contributed by atoms with Crippen molar-refractivity contribution < 1.29 is 22.1 Å². The van der Waals surface area contributed by atoms with E-state index >= 15 is 0 Å². The van der Waals surface area contributed by atoms with Gasteiger partial charge in [0, 0.05) is 37.8 Å². The van der Waals surface area contributed by atoms with Crippen molar-refractivity contribution in [2.24, 2.45) is 0 Å². The van der Waals surface area contributed by atoms with Gasteiger partial charge in [-0.05, 0) is 37.6 Å². The maximum absolute atomic E-state index is 14.2. The monoisotopic (exact) mass is 454 g/mol. The fourth-order valence-corrected chi connectivity index (χ4v) is 4.41. The van der Waals surface area contributed by atoms with Crippen LogP contribution in [-0.2, 0) is 15.6 Å². The molecule has 0 aliphatic carbocycles. The van der Waals surface area contributed by atoms with Gasteiger partial charge in [0.15, 0.2) is 27.2 Å². The molecule has 0 unspecified atom stereocenters. The molecule has 1 aliphatic rings. The summed E-state index contributed by atoms with van der Waals surface area (Å²) in [6.45, 7) is 6.76. The van der Waals surface area contributed by atoms with Crippen molar-refractivity contribution in [2.75, 3.05) is 44.4 Å². The number of aromatic nitrogens is 2. The number of ether oxygens (including phenoxy) is 1. The second-order valence-corrected chi connectivity index (χ2v) is 10.6. The summed E-state index contributed by atoms with van der Waals surface area (Å²) in [6.07, 6.45) is 3.05. The van der Waals surface area contributed by atoms with Crippen molar-refractivity contribution >= 4 is 15.9 Å². The van der Waals surface area contributed by atoms with Crippen molar-refractivity contribution in [3.63, 3.8) is 0 Å². The molecule has 172 valence electrons. The number of anilines is 1. The number of halogens is 1. The SMILES string of the molecule is CC(C)c1noc(N2CCC(N(C)CCOc3ccc(CS(C)(=O)=O)cc3F)CC2)n1. The number of piperidine rings is 1. The van der Waals surface area contributed by atoms with E-state index < -0.39 is 15.7 Å². The highest BCUT2D eigenvalue weighted by atomic mass is 32.2. The van der Waals surface area contributed by atoms with Gasteiger partial charge in [-0.1, -0.05) is 25.1 Å². The Hall–Kier alpha value is -2.20. The smallest absolute Gasteiger partial charge is 0.324 e. The highest BCUT2D eigenvalue weighted by Crippen LogP contribution is 2.23. The van der Waals surface area contributed by atoms with E-state index in [1.54, 1.807) is 6.07 Å². The van der Waals surface area contributed by atoms with E-state index in [1.165, 1.54) is 12.1 Å². The fraction of sp³-hybridized carbons (Fsp3) is 0.619. The molecule has 0 spiro atoms. The number of likely N-dealkylation sites (N-methyl/N-ethyl adjacent to an activating group) is 1. The van der Waals surface area contributed by atoms with Crippen LogP contribution in [0.3, 0.4) is 0 Å². The molecule has 8 nitrogen and oxygen atoms in total. The van der Waals surface area contributed by atoms with E-state index in [0.29, 0.717) is 30.8 Å². The maximum Gasteiger partial charge on any atom is 0.324 e. The summed E-state index contributed by atoms with van der Waals surface area (Å²) >= 11 is 0. The van der Waals surface area contributed by atoms with Crippen LogP contribution >= 0.6 is 0 Å². The van der Waals surface area contributed by atoms with Gasteiger partial charge in [0.25, 0.3) is 0 Å². The molecule has 1 saturated heterocycles. The molecule has 2 aromatic rings. The molecule has 1 aromatic carbocycles. The Labute approximate surface area is 183 Å². The van der Waals surface area contributed by atoms with Gasteiger partial charge in [-0.25, -0.2) is 12.8 Å². The average molecular weight is 455 g/mol. The van der Waals surface area contributed by atoms with Gasteiger partial charge >= 0.3 is 6.01 Å². The first kappa shape index (κ1) is 23.5. The Balaban J connectivity index is 1.44. The van der Waals surface area contributed by atoms with Crippen molar-refractivity contribution in [1.29, 1.82) is 0 Å². The number of nitrogens with zero attached hydrogens (tertiary/aromatic N) is 4. The topological polar surface area (TPSA) is 88.8 Å². The van der Waals surface area contributed by atoms with E-state index in [0.717, 1.165) is 38.0 Å². The molecular formula is C21H31FN4O4S. The zero-order chi connectivity index (χ0) is 22.6. The summed E-state index contributed by atoms with van der Waals surface area (Å²) in [6, 6.07) is 5.28. The standard InChI is InChI=1S/C21H31FN4O4S/c1-15(2)20-23-21(30-24-20)26-9-7-17(8-10-26)25(3)11-12-29-19-6-5-16(13-18(19)22)14-31(4,27)28/h5-6,13,15,17H,7-12,14H2,1-4H3. The lowest BCUT2D eigenvalue weighted by Crippen LogP contribution is -2.44. The Bertz CT molecular complexity index is 972. The van der Waals surface area contributed by atoms with E-state index in [4.69, 9.17) is 9.26 Å². The van der Waals surface area contributed by atoms with Crippen LogP contribution in [-0.4, -0.2) is 69.0 Å². The van der Waals surface area contributed by atoms with Gasteiger partial charge in [-0.3, -0.25) is 4.90 Å². The molecule has 1 fully saturated rings. The van der Waals surface area contributed by atoms with Crippen LogP contribution in [0.2, 0.25) is 0 Å². The van der Waals surface area contributed by atoms with Crippen LogP contribution in [0.5, 0.6) is 5.75 Å². The highest BCUT2D eigenvalue weighted by molar-refractivity contribution is 7.89. The van der Waals surface area contributed by atoms with Gasteiger partial charge < -0.3 is 14.2 Å². The molecular weight excluding hydrogens is 423 g/mol. The lowest BCUT2D eigenvalue weighted by atomic mass is 10.0. The summed E-state index contributed by atoms with van der Waals surface area (Å²) in [5, 5.41) is 4.03. The van der Waals surface area contributed by atoms with Crippen LogP contribution in [0, 0.1) is 5.82 Å². The zero-order valence-corrected chi connectivity index (χ0v) is 19.4. The summed E-state index contributed by atoms with van der Waals surface area (Å²) in [4.78, 5) is 8.81. The Morgan fingerprint density at radius 2 is 2.03 bits per heavy atom. The Morgan fingerprint density at radius 1 is 1.32 bits per heavy atom. The second kappa shape index (κ2) is 9.95. The van der Waals surface area contributed by atoms with E-state index in [-0.39, 0.29) is 17.4 Å². The summed E-state index contributed by atoms with van der Waals surface area (Å²) in [5.74, 6) is 0.369. The molecule has 0 saturated carbocycles.